The average molecular weight is 441 g/mol. The third kappa shape index (κ3) is 4.82. The van der Waals surface area contributed by atoms with Crippen LogP contribution in [0.2, 0.25) is 0 Å². The van der Waals surface area contributed by atoms with Crippen LogP contribution in [0.4, 0.5) is 4.79 Å². The van der Waals surface area contributed by atoms with E-state index in [-0.39, 0.29) is 23.9 Å². The summed E-state index contributed by atoms with van der Waals surface area (Å²) in [5.41, 5.74) is 0.388. The van der Waals surface area contributed by atoms with Gasteiger partial charge >= 0.3 is 6.03 Å². The number of benzene rings is 1. The predicted octanol–water partition coefficient (Wildman–Crippen LogP) is 2.65. The van der Waals surface area contributed by atoms with E-state index in [9.17, 15) is 14.4 Å². The summed E-state index contributed by atoms with van der Waals surface area (Å²) in [6.45, 7) is 8.21. The highest BCUT2D eigenvalue weighted by molar-refractivity contribution is 6.07. The van der Waals surface area contributed by atoms with E-state index in [1.807, 2.05) is 35.2 Å². The third-order valence-corrected chi connectivity index (χ3v) is 7.11. The minimum absolute atomic E-state index is 0.0877. The van der Waals surface area contributed by atoms with Gasteiger partial charge < -0.3 is 15.1 Å². The summed E-state index contributed by atoms with van der Waals surface area (Å²) in [6.07, 6.45) is 4.05. The second-order valence-electron chi connectivity index (χ2n) is 10.0. The van der Waals surface area contributed by atoms with Crippen LogP contribution in [-0.2, 0) is 16.0 Å². The lowest BCUT2D eigenvalue weighted by molar-refractivity contribution is -0.139. The van der Waals surface area contributed by atoms with Crippen LogP contribution in [0.25, 0.3) is 0 Å². The van der Waals surface area contributed by atoms with Gasteiger partial charge in [-0.25, -0.2) is 4.79 Å². The number of carbonyl (C=O) groups excluding carboxylic acids is 3. The first-order valence-electron chi connectivity index (χ1n) is 12.1. The molecule has 0 radical (unpaired) electrons. The molecule has 1 N–H and O–H groups in total. The number of likely N-dealkylation sites (tertiary alicyclic amines) is 2. The van der Waals surface area contributed by atoms with Crippen LogP contribution in [-0.4, -0.2) is 76.8 Å². The molecule has 3 heterocycles. The summed E-state index contributed by atoms with van der Waals surface area (Å²) in [5, 5.41) is 3.04. The van der Waals surface area contributed by atoms with Crippen LogP contribution in [0.3, 0.4) is 0 Å². The Bertz CT molecular complexity index is 833. The molecule has 7 nitrogen and oxygen atoms in total. The second kappa shape index (κ2) is 9.61. The largest absolute Gasteiger partial charge is 0.341 e. The van der Waals surface area contributed by atoms with Gasteiger partial charge in [-0.1, -0.05) is 44.2 Å². The molecule has 0 aliphatic carbocycles. The quantitative estimate of drug-likeness (QED) is 0.691. The zero-order valence-electron chi connectivity index (χ0n) is 19.4. The Kier molecular flexibility index (Phi) is 6.84. The summed E-state index contributed by atoms with van der Waals surface area (Å²) >= 11 is 0. The zero-order valence-corrected chi connectivity index (χ0v) is 19.4. The maximum atomic E-state index is 13.4. The standard InChI is InChI=1S/C25H36N4O3/c1-19(2)17-27-15-12-25(13-16-27)23(31)29(24(32)26-25)21-9-6-14-28(18-21)22(30)11-10-20-7-4-3-5-8-20/h3-5,7-8,19,21H,6,9-18H2,1-2H3,(H,26,32). The van der Waals surface area contributed by atoms with Crippen molar-refractivity contribution < 1.29 is 14.4 Å². The monoisotopic (exact) mass is 440 g/mol. The maximum absolute atomic E-state index is 13.4. The molecule has 3 aliphatic rings. The van der Waals surface area contributed by atoms with Crippen LogP contribution in [0, 0.1) is 5.92 Å². The Labute approximate surface area is 191 Å². The molecule has 4 rings (SSSR count). The Balaban J connectivity index is 1.35. The van der Waals surface area contributed by atoms with E-state index >= 15 is 0 Å². The van der Waals surface area contributed by atoms with Gasteiger partial charge in [0, 0.05) is 39.1 Å². The molecule has 3 fully saturated rings. The van der Waals surface area contributed by atoms with Gasteiger partial charge in [0.15, 0.2) is 0 Å². The third-order valence-electron chi connectivity index (χ3n) is 7.11. The van der Waals surface area contributed by atoms with Gasteiger partial charge in [0.2, 0.25) is 5.91 Å². The minimum Gasteiger partial charge on any atom is -0.341 e. The van der Waals surface area contributed by atoms with Gasteiger partial charge in [0.1, 0.15) is 5.54 Å². The van der Waals surface area contributed by atoms with Crippen molar-refractivity contribution in [2.24, 2.45) is 5.92 Å². The van der Waals surface area contributed by atoms with E-state index in [1.165, 1.54) is 4.90 Å². The van der Waals surface area contributed by atoms with Crippen LogP contribution in [0.1, 0.15) is 51.5 Å². The molecule has 1 atom stereocenters. The van der Waals surface area contributed by atoms with Crippen molar-refractivity contribution in [3.8, 4) is 0 Å². The highest BCUT2D eigenvalue weighted by Crippen LogP contribution is 2.32. The van der Waals surface area contributed by atoms with Crippen molar-refractivity contribution in [2.75, 3.05) is 32.7 Å². The van der Waals surface area contributed by atoms with Crippen molar-refractivity contribution >= 4 is 17.8 Å². The van der Waals surface area contributed by atoms with Crippen molar-refractivity contribution in [1.82, 2.24) is 20.0 Å². The zero-order chi connectivity index (χ0) is 22.7. The minimum atomic E-state index is -0.760. The lowest BCUT2D eigenvalue weighted by Gasteiger charge is -2.39. The number of piperidine rings is 2. The maximum Gasteiger partial charge on any atom is 0.325 e. The first-order chi connectivity index (χ1) is 15.4. The number of hydrogen-bond donors (Lipinski definition) is 1. The van der Waals surface area contributed by atoms with Gasteiger partial charge in [-0.05, 0) is 43.6 Å². The lowest BCUT2D eigenvalue weighted by atomic mass is 9.86. The Morgan fingerprint density at radius 1 is 1.12 bits per heavy atom. The highest BCUT2D eigenvalue weighted by atomic mass is 16.2. The molecule has 1 spiro atoms. The van der Waals surface area contributed by atoms with Gasteiger partial charge in [0.25, 0.3) is 5.91 Å². The number of hydrogen-bond acceptors (Lipinski definition) is 4. The smallest absolute Gasteiger partial charge is 0.325 e. The number of nitrogens with one attached hydrogen (secondary N) is 1. The van der Waals surface area contributed by atoms with Crippen molar-refractivity contribution in [1.29, 1.82) is 0 Å². The molecule has 0 saturated carbocycles. The number of amides is 4. The Morgan fingerprint density at radius 2 is 1.84 bits per heavy atom. The molecule has 0 bridgehead atoms. The van der Waals surface area contributed by atoms with Crippen molar-refractivity contribution in [3.05, 3.63) is 35.9 Å². The highest BCUT2D eigenvalue weighted by Gasteiger charge is 2.54. The molecular weight excluding hydrogens is 404 g/mol. The Hall–Kier alpha value is -2.41. The molecule has 1 aromatic rings. The SMILES string of the molecule is CC(C)CN1CCC2(CC1)NC(=O)N(C1CCCN(C(=O)CCc3ccccc3)C1)C2=O. The number of imide groups is 1. The lowest BCUT2D eigenvalue weighted by Crippen LogP contribution is -2.56. The molecule has 32 heavy (non-hydrogen) atoms. The van der Waals surface area contributed by atoms with Gasteiger partial charge in [-0.3, -0.25) is 14.5 Å². The molecule has 174 valence electrons. The fourth-order valence-corrected chi connectivity index (χ4v) is 5.39. The topological polar surface area (TPSA) is 73.0 Å². The molecule has 3 aliphatic heterocycles. The first-order valence-corrected chi connectivity index (χ1v) is 12.1. The normalized spacial score (nSPS) is 23.8. The fourth-order valence-electron chi connectivity index (χ4n) is 5.39. The summed E-state index contributed by atoms with van der Waals surface area (Å²) in [7, 11) is 0. The number of nitrogens with zero attached hydrogens (tertiary/aromatic N) is 3. The molecule has 7 heteroatoms. The summed E-state index contributed by atoms with van der Waals surface area (Å²) in [6, 6.07) is 9.49. The van der Waals surface area contributed by atoms with E-state index in [2.05, 4.69) is 24.1 Å². The molecule has 4 amide bonds. The van der Waals surface area contributed by atoms with E-state index in [0.29, 0.717) is 44.7 Å². The van der Waals surface area contributed by atoms with Crippen LogP contribution < -0.4 is 5.32 Å². The van der Waals surface area contributed by atoms with E-state index in [0.717, 1.165) is 38.0 Å². The summed E-state index contributed by atoms with van der Waals surface area (Å²) < 4.78 is 0. The summed E-state index contributed by atoms with van der Waals surface area (Å²) in [5.74, 6) is 0.597. The number of rotatable bonds is 6. The van der Waals surface area contributed by atoms with Crippen molar-refractivity contribution in [2.45, 2.75) is 64.0 Å². The first kappa shape index (κ1) is 22.8. The molecule has 1 aromatic carbocycles. The number of aryl methyl sites for hydroxylation is 1. The second-order valence-corrected chi connectivity index (χ2v) is 10.0. The van der Waals surface area contributed by atoms with Gasteiger partial charge in [0.05, 0.1) is 6.04 Å². The molecule has 1 unspecified atom stereocenters. The molecule has 0 aromatic heterocycles. The number of carbonyl (C=O) groups is 3. The predicted molar refractivity (Wildman–Crippen MR) is 123 cm³/mol. The van der Waals surface area contributed by atoms with Crippen LogP contribution >= 0.6 is 0 Å². The number of urea groups is 1. The molecule has 3 saturated heterocycles. The van der Waals surface area contributed by atoms with E-state index in [1.54, 1.807) is 0 Å². The average Bonchev–Trinajstić information content (AvgIpc) is 3.03. The fraction of sp³-hybridized carbons (Fsp3) is 0.640. The van der Waals surface area contributed by atoms with E-state index < -0.39 is 5.54 Å². The molecular formula is C25H36N4O3. The summed E-state index contributed by atoms with van der Waals surface area (Å²) in [4.78, 5) is 44.8. The van der Waals surface area contributed by atoms with Gasteiger partial charge in [-0.15, -0.1) is 0 Å². The Morgan fingerprint density at radius 3 is 2.53 bits per heavy atom. The van der Waals surface area contributed by atoms with Crippen LogP contribution in [0.15, 0.2) is 30.3 Å². The van der Waals surface area contributed by atoms with Crippen molar-refractivity contribution in [3.63, 3.8) is 0 Å². The van der Waals surface area contributed by atoms with Crippen LogP contribution in [0.5, 0.6) is 0 Å². The van der Waals surface area contributed by atoms with E-state index in [4.69, 9.17) is 0 Å². The van der Waals surface area contributed by atoms with Gasteiger partial charge in [-0.2, -0.15) is 0 Å².